The van der Waals surface area contributed by atoms with Crippen LogP contribution in [0, 0.1) is 17.0 Å². The van der Waals surface area contributed by atoms with E-state index in [0.29, 0.717) is 5.69 Å². The first kappa shape index (κ1) is 16.8. The Labute approximate surface area is 138 Å². The largest absolute Gasteiger partial charge is 0.477 e. The van der Waals surface area contributed by atoms with Crippen LogP contribution < -0.4 is 10.1 Å². The van der Waals surface area contributed by atoms with E-state index >= 15 is 0 Å². The first-order chi connectivity index (χ1) is 11.0. The van der Waals surface area contributed by atoms with Crippen molar-refractivity contribution < 1.29 is 14.5 Å². The summed E-state index contributed by atoms with van der Waals surface area (Å²) < 4.78 is 5.29. The van der Waals surface area contributed by atoms with Gasteiger partial charge in [-0.05, 0) is 43.0 Å². The first-order valence-corrected chi connectivity index (χ1v) is 8.04. The second-order valence-corrected chi connectivity index (χ2v) is 5.68. The predicted molar refractivity (Wildman–Crippen MR) is 90.2 cm³/mol. The molecule has 2 aromatic rings. The number of anilines is 1. The topological polar surface area (TPSA) is 81.5 Å². The molecule has 1 amide bonds. The number of rotatable bonds is 6. The zero-order chi connectivity index (χ0) is 16.8. The van der Waals surface area contributed by atoms with Crippen molar-refractivity contribution in [2.45, 2.75) is 11.8 Å². The van der Waals surface area contributed by atoms with E-state index in [2.05, 4.69) is 5.32 Å². The van der Waals surface area contributed by atoms with Crippen LogP contribution in [0.1, 0.15) is 5.56 Å². The van der Waals surface area contributed by atoms with Gasteiger partial charge in [0.25, 0.3) is 5.91 Å². The number of carbonyl (C=O) groups excluding carboxylic acids is 1. The highest BCUT2D eigenvalue weighted by atomic mass is 32.2. The van der Waals surface area contributed by atoms with Gasteiger partial charge in [-0.1, -0.05) is 12.1 Å². The van der Waals surface area contributed by atoms with Gasteiger partial charge in [0, 0.05) is 16.6 Å². The highest BCUT2D eigenvalue weighted by molar-refractivity contribution is 7.98. The van der Waals surface area contributed by atoms with Crippen LogP contribution in [-0.2, 0) is 4.79 Å². The second-order valence-electron chi connectivity index (χ2n) is 4.80. The van der Waals surface area contributed by atoms with Crippen molar-refractivity contribution >= 4 is 29.0 Å². The van der Waals surface area contributed by atoms with Gasteiger partial charge in [-0.2, -0.15) is 0 Å². The number of hydrogen-bond acceptors (Lipinski definition) is 5. The van der Waals surface area contributed by atoms with Crippen LogP contribution in [0.5, 0.6) is 5.75 Å². The van der Waals surface area contributed by atoms with Gasteiger partial charge in [0.15, 0.2) is 12.4 Å². The molecule has 23 heavy (non-hydrogen) atoms. The molecule has 0 aliphatic heterocycles. The minimum absolute atomic E-state index is 0.0774. The number of nitro benzene ring substituents is 1. The fraction of sp³-hybridized carbons (Fsp3) is 0.188. The van der Waals surface area contributed by atoms with Crippen molar-refractivity contribution in [3.8, 4) is 5.75 Å². The smallest absolute Gasteiger partial charge is 0.311 e. The lowest BCUT2D eigenvalue weighted by atomic mass is 10.2. The second kappa shape index (κ2) is 7.64. The van der Waals surface area contributed by atoms with Crippen LogP contribution in [0.2, 0.25) is 0 Å². The van der Waals surface area contributed by atoms with Crippen LogP contribution in [0.4, 0.5) is 11.4 Å². The quantitative estimate of drug-likeness (QED) is 0.496. The van der Waals surface area contributed by atoms with Crippen LogP contribution >= 0.6 is 11.8 Å². The Morgan fingerprint density at radius 3 is 2.78 bits per heavy atom. The van der Waals surface area contributed by atoms with Crippen molar-refractivity contribution in [1.29, 1.82) is 0 Å². The van der Waals surface area contributed by atoms with Crippen LogP contribution in [-0.4, -0.2) is 23.7 Å². The molecule has 0 radical (unpaired) electrons. The Morgan fingerprint density at radius 1 is 1.30 bits per heavy atom. The maximum atomic E-state index is 11.9. The Bertz CT molecular complexity index is 734. The Kier molecular flexibility index (Phi) is 5.59. The zero-order valence-corrected chi connectivity index (χ0v) is 13.6. The maximum absolute atomic E-state index is 11.9. The fourth-order valence-electron chi connectivity index (χ4n) is 1.93. The molecular weight excluding hydrogens is 316 g/mol. The van der Waals surface area contributed by atoms with Crippen molar-refractivity contribution in [1.82, 2.24) is 0 Å². The number of hydrogen-bond donors (Lipinski definition) is 1. The monoisotopic (exact) mass is 332 g/mol. The van der Waals surface area contributed by atoms with E-state index in [-0.39, 0.29) is 24.0 Å². The molecule has 0 aliphatic rings. The minimum Gasteiger partial charge on any atom is -0.477 e. The van der Waals surface area contributed by atoms with Gasteiger partial charge in [0.1, 0.15) is 0 Å². The first-order valence-electron chi connectivity index (χ1n) is 6.81. The van der Waals surface area contributed by atoms with Crippen molar-refractivity contribution in [2.24, 2.45) is 0 Å². The van der Waals surface area contributed by atoms with E-state index in [9.17, 15) is 14.9 Å². The normalized spacial score (nSPS) is 10.2. The van der Waals surface area contributed by atoms with Gasteiger partial charge in [0.2, 0.25) is 0 Å². The van der Waals surface area contributed by atoms with E-state index in [1.54, 1.807) is 30.8 Å². The highest BCUT2D eigenvalue weighted by Crippen LogP contribution is 2.27. The molecule has 6 nitrogen and oxygen atoms in total. The molecule has 7 heteroatoms. The molecule has 0 saturated heterocycles. The Morgan fingerprint density at radius 2 is 2.09 bits per heavy atom. The molecule has 0 unspecified atom stereocenters. The molecule has 2 rings (SSSR count). The fourth-order valence-corrected chi connectivity index (χ4v) is 2.39. The van der Waals surface area contributed by atoms with Crippen molar-refractivity contribution in [3.05, 3.63) is 58.1 Å². The summed E-state index contributed by atoms with van der Waals surface area (Å²) in [5.74, 6) is -0.299. The maximum Gasteiger partial charge on any atom is 0.311 e. The molecule has 0 fully saturated rings. The summed E-state index contributed by atoms with van der Waals surface area (Å²) in [5.41, 5.74) is 1.26. The Balaban J connectivity index is 2.00. The predicted octanol–water partition coefficient (Wildman–Crippen LogP) is 3.64. The number of nitrogens with one attached hydrogen (secondary N) is 1. The standard InChI is InChI=1S/C16H16N2O4S/c1-11-6-7-15(14(8-11)18(20)21)22-10-16(19)17-12-4-3-5-13(9-12)23-2/h3-9H,10H2,1-2H3,(H,17,19). The lowest BCUT2D eigenvalue weighted by Crippen LogP contribution is -2.20. The van der Waals surface area contributed by atoms with E-state index < -0.39 is 4.92 Å². The summed E-state index contributed by atoms with van der Waals surface area (Å²) in [6, 6.07) is 12.0. The molecule has 0 bridgehead atoms. The van der Waals surface area contributed by atoms with Gasteiger partial charge in [0.05, 0.1) is 4.92 Å². The third-order valence-electron chi connectivity index (χ3n) is 3.02. The number of carbonyl (C=O) groups is 1. The molecule has 2 aromatic carbocycles. The number of amides is 1. The van der Waals surface area contributed by atoms with Crippen LogP contribution in [0.3, 0.4) is 0 Å². The lowest BCUT2D eigenvalue weighted by Gasteiger charge is -2.09. The van der Waals surface area contributed by atoms with Gasteiger partial charge >= 0.3 is 5.69 Å². The zero-order valence-electron chi connectivity index (χ0n) is 12.7. The minimum atomic E-state index is -0.526. The third-order valence-corrected chi connectivity index (χ3v) is 3.75. The summed E-state index contributed by atoms with van der Waals surface area (Å²) in [5, 5.41) is 13.7. The molecular formula is C16H16N2O4S. The number of aryl methyl sites for hydroxylation is 1. The average molecular weight is 332 g/mol. The number of benzene rings is 2. The van der Waals surface area contributed by atoms with Crippen molar-refractivity contribution in [2.75, 3.05) is 18.2 Å². The van der Waals surface area contributed by atoms with Gasteiger partial charge in [-0.25, -0.2) is 0 Å². The van der Waals surface area contributed by atoms with Crippen molar-refractivity contribution in [3.63, 3.8) is 0 Å². The Hall–Kier alpha value is -2.54. The third kappa shape index (κ3) is 4.72. The number of nitrogens with zero attached hydrogens (tertiary/aromatic N) is 1. The van der Waals surface area contributed by atoms with E-state index in [4.69, 9.17) is 4.74 Å². The van der Waals surface area contributed by atoms with Gasteiger partial charge in [-0.3, -0.25) is 14.9 Å². The molecule has 1 N–H and O–H groups in total. The molecule has 0 aromatic heterocycles. The summed E-state index contributed by atoms with van der Waals surface area (Å²) >= 11 is 1.57. The van der Waals surface area contributed by atoms with E-state index in [1.807, 2.05) is 24.5 Å². The average Bonchev–Trinajstić information content (AvgIpc) is 2.53. The van der Waals surface area contributed by atoms with Gasteiger partial charge < -0.3 is 10.1 Å². The van der Waals surface area contributed by atoms with E-state index in [0.717, 1.165) is 10.5 Å². The molecule has 120 valence electrons. The molecule has 0 spiro atoms. The number of thioether (sulfide) groups is 1. The molecule has 0 atom stereocenters. The molecule has 0 heterocycles. The lowest BCUT2D eigenvalue weighted by molar-refractivity contribution is -0.385. The summed E-state index contributed by atoms with van der Waals surface area (Å²) in [6.45, 7) is 1.45. The summed E-state index contributed by atoms with van der Waals surface area (Å²) in [7, 11) is 0. The van der Waals surface area contributed by atoms with E-state index in [1.165, 1.54) is 12.1 Å². The van der Waals surface area contributed by atoms with Crippen LogP contribution in [0.15, 0.2) is 47.4 Å². The molecule has 0 aliphatic carbocycles. The molecule has 0 saturated carbocycles. The van der Waals surface area contributed by atoms with Crippen LogP contribution in [0.25, 0.3) is 0 Å². The van der Waals surface area contributed by atoms with Gasteiger partial charge in [-0.15, -0.1) is 11.8 Å². The SMILES string of the molecule is CSc1cccc(NC(=O)COc2ccc(C)cc2[N+](=O)[O-])c1. The number of nitro groups is 1. The summed E-state index contributed by atoms with van der Waals surface area (Å²) in [6.07, 6.45) is 1.95. The number of ether oxygens (including phenoxy) is 1. The summed E-state index contributed by atoms with van der Waals surface area (Å²) in [4.78, 5) is 23.4. The highest BCUT2D eigenvalue weighted by Gasteiger charge is 2.16.